The lowest BCUT2D eigenvalue weighted by atomic mass is 10.2. The number of phenols is 2. The molecule has 0 saturated carbocycles. The Morgan fingerprint density at radius 1 is 1.33 bits per heavy atom. The Morgan fingerprint density at radius 2 is 2.00 bits per heavy atom. The Balaban J connectivity index is 3.09. The molecule has 1 aromatic carbocycles. The van der Waals surface area contributed by atoms with Crippen LogP contribution in [0.1, 0.15) is 12.5 Å². The summed E-state index contributed by atoms with van der Waals surface area (Å²) in [7, 11) is 0. The smallest absolute Gasteiger partial charge is 0.129 e. The molecule has 0 aliphatic rings. The second-order valence-electron chi connectivity index (χ2n) is 2.52. The maximum atomic E-state index is 9.27. The van der Waals surface area contributed by atoms with E-state index in [0.717, 1.165) is 0 Å². The zero-order valence-electron chi connectivity index (χ0n) is 7.16. The molecular weight excluding hydrogens is 156 g/mol. The normalized spacial score (nSPS) is 9.83. The van der Waals surface area contributed by atoms with Gasteiger partial charge in [-0.2, -0.15) is 0 Å². The summed E-state index contributed by atoms with van der Waals surface area (Å²) >= 11 is 0. The zero-order chi connectivity index (χ0) is 9.14. The maximum absolute atomic E-state index is 9.27. The standard InChI is InChI=1S/C9H12O3/c1-3-12-9-5-7(10)4-8(11)6(9)2/h4-5,10-11H,3H2,1-2H3. The fraction of sp³-hybridized carbons (Fsp3) is 0.333. The summed E-state index contributed by atoms with van der Waals surface area (Å²) in [6, 6.07) is 2.77. The molecule has 0 spiro atoms. The molecule has 0 unspecified atom stereocenters. The first-order chi connectivity index (χ1) is 5.65. The van der Waals surface area contributed by atoms with Crippen molar-refractivity contribution < 1.29 is 14.9 Å². The molecule has 0 fully saturated rings. The van der Waals surface area contributed by atoms with E-state index in [2.05, 4.69) is 0 Å². The molecule has 0 aliphatic heterocycles. The van der Waals surface area contributed by atoms with Gasteiger partial charge >= 0.3 is 0 Å². The number of ether oxygens (including phenoxy) is 1. The number of hydrogen-bond acceptors (Lipinski definition) is 3. The van der Waals surface area contributed by atoms with Gasteiger partial charge in [-0.15, -0.1) is 0 Å². The van der Waals surface area contributed by atoms with E-state index >= 15 is 0 Å². The Labute approximate surface area is 71.2 Å². The van der Waals surface area contributed by atoms with Gasteiger partial charge in [-0.05, 0) is 13.8 Å². The largest absolute Gasteiger partial charge is 0.508 e. The third-order valence-corrected chi connectivity index (χ3v) is 1.62. The number of benzene rings is 1. The van der Waals surface area contributed by atoms with Gasteiger partial charge in [-0.1, -0.05) is 0 Å². The Kier molecular flexibility index (Phi) is 2.43. The van der Waals surface area contributed by atoms with Gasteiger partial charge in [0.1, 0.15) is 17.2 Å². The average molecular weight is 168 g/mol. The fourth-order valence-electron chi connectivity index (χ4n) is 0.964. The lowest BCUT2D eigenvalue weighted by Crippen LogP contribution is -1.93. The quantitative estimate of drug-likeness (QED) is 0.708. The first kappa shape index (κ1) is 8.71. The minimum atomic E-state index is 0.0153. The molecule has 0 aromatic heterocycles. The molecule has 0 heterocycles. The summed E-state index contributed by atoms with van der Waals surface area (Å²) < 4.78 is 5.18. The van der Waals surface area contributed by atoms with Gasteiger partial charge in [-0.3, -0.25) is 0 Å². The molecule has 66 valence electrons. The SMILES string of the molecule is CCOc1cc(O)cc(O)c1C. The minimum Gasteiger partial charge on any atom is -0.508 e. The summed E-state index contributed by atoms with van der Waals surface area (Å²) in [6.07, 6.45) is 0. The molecule has 0 bridgehead atoms. The Morgan fingerprint density at radius 3 is 2.58 bits per heavy atom. The second kappa shape index (κ2) is 3.34. The van der Waals surface area contributed by atoms with Gasteiger partial charge in [0.15, 0.2) is 0 Å². The molecule has 0 saturated heterocycles. The van der Waals surface area contributed by atoms with Crippen LogP contribution in [0.15, 0.2) is 12.1 Å². The molecule has 1 rings (SSSR count). The molecule has 0 radical (unpaired) electrons. The van der Waals surface area contributed by atoms with Crippen LogP contribution in [0.2, 0.25) is 0 Å². The van der Waals surface area contributed by atoms with Gasteiger partial charge in [0, 0.05) is 17.7 Å². The molecule has 12 heavy (non-hydrogen) atoms. The summed E-state index contributed by atoms with van der Waals surface area (Å²) in [6.45, 7) is 4.10. The molecular formula is C9H12O3. The maximum Gasteiger partial charge on any atom is 0.129 e. The molecule has 1 aromatic rings. The molecule has 2 N–H and O–H groups in total. The highest BCUT2D eigenvalue weighted by Gasteiger charge is 2.05. The monoisotopic (exact) mass is 168 g/mol. The summed E-state index contributed by atoms with van der Waals surface area (Å²) in [4.78, 5) is 0. The van der Waals surface area contributed by atoms with Gasteiger partial charge in [-0.25, -0.2) is 0 Å². The first-order valence-corrected chi connectivity index (χ1v) is 3.80. The topological polar surface area (TPSA) is 49.7 Å². The lowest BCUT2D eigenvalue weighted by molar-refractivity contribution is 0.331. The number of aromatic hydroxyl groups is 2. The van der Waals surface area contributed by atoms with Crippen LogP contribution in [0.5, 0.6) is 17.2 Å². The van der Waals surface area contributed by atoms with Crippen LogP contribution in [-0.2, 0) is 0 Å². The number of hydrogen-bond donors (Lipinski definition) is 2. The van der Waals surface area contributed by atoms with Crippen LogP contribution in [0.25, 0.3) is 0 Å². The van der Waals surface area contributed by atoms with E-state index in [9.17, 15) is 5.11 Å². The van der Waals surface area contributed by atoms with Gasteiger partial charge in [0.2, 0.25) is 0 Å². The van der Waals surface area contributed by atoms with Crippen molar-refractivity contribution in [2.24, 2.45) is 0 Å². The van der Waals surface area contributed by atoms with Crippen LogP contribution >= 0.6 is 0 Å². The molecule has 3 heteroatoms. The highest BCUT2D eigenvalue weighted by molar-refractivity contribution is 5.48. The predicted octanol–water partition coefficient (Wildman–Crippen LogP) is 1.80. The van der Waals surface area contributed by atoms with Gasteiger partial charge in [0.25, 0.3) is 0 Å². The van der Waals surface area contributed by atoms with Gasteiger partial charge < -0.3 is 14.9 Å². The summed E-state index contributed by atoms with van der Waals surface area (Å²) in [5.74, 6) is 0.593. The van der Waals surface area contributed by atoms with Crippen molar-refractivity contribution in [3.63, 3.8) is 0 Å². The van der Waals surface area contributed by atoms with Crippen molar-refractivity contribution in [3.8, 4) is 17.2 Å². The predicted molar refractivity (Wildman–Crippen MR) is 45.7 cm³/mol. The second-order valence-corrected chi connectivity index (χ2v) is 2.52. The van der Waals surface area contributed by atoms with E-state index < -0.39 is 0 Å². The van der Waals surface area contributed by atoms with Crippen LogP contribution in [0.4, 0.5) is 0 Å². The van der Waals surface area contributed by atoms with E-state index in [4.69, 9.17) is 9.84 Å². The number of rotatable bonds is 2. The van der Waals surface area contributed by atoms with Crippen LogP contribution < -0.4 is 4.74 Å². The summed E-state index contributed by atoms with van der Waals surface area (Å²) in [5, 5.41) is 18.4. The fourth-order valence-corrected chi connectivity index (χ4v) is 0.964. The third-order valence-electron chi connectivity index (χ3n) is 1.62. The van der Waals surface area contributed by atoms with Crippen molar-refractivity contribution in [2.45, 2.75) is 13.8 Å². The highest BCUT2D eigenvalue weighted by atomic mass is 16.5. The van der Waals surface area contributed by atoms with Crippen molar-refractivity contribution in [1.29, 1.82) is 0 Å². The lowest BCUT2D eigenvalue weighted by Gasteiger charge is -2.08. The zero-order valence-corrected chi connectivity index (χ0v) is 7.16. The Hall–Kier alpha value is -1.38. The van der Waals surface area contributed by atoms with Crippen molar-refractivity contribution in [2.75, 3.05) is 6.61 Å². The van der Waals surface area contributed by atoms with Crippen molar-refractivity contribution >= 4 is 0 Å². The van der Waals surface area contributed by atoms with E-state index in [1.165, 1.54) is 12.1 Å². The first-order valence-electron chi connectivity index (χ1n) is 3.80. The van der Waals surface area contributed by atoms with Gasteiger partial charge in [0.05, 0.1) is 6.61 Å². The van der Waals surface area contributed by atoms with E-state index in [-0.39, 0.29) is 11.5 Å². The van der Waals surface area contributed by atoms with Crippen LogP contribution in [-0.4, -0.2) is 16.8 Å². The molecule has 0 aliphatic carbocycles. The highest BCUT2D eigenvalue weighted by Crippen LogP contribution is 2.31. The minimum absolute atomic E-state index is 0.0153. The molecule has 0 atom stereocenters. The van der Waals surface area contributed by atoms with Crippen LogP contribution in [0.3, 0.4) is 0 Å². The molecule has 0 amide bonds. The average Bonchev–Trinajstić information content (AvgIpc) is 2.00. The number of phenolic OH excluding ortho intramolecular Hbond substituents is 2. The van der Waals surface area contributed by atoms with E-state index in [0.29, 0.717) is 17.9 Å². The summed E-state index contributed by atoms with van der Waals surface area (Å²) in [5.41, 5.74) is 0.648. The van der Waals surface area contributed by atoms with Crippen molar-refractivity contribution in [3.05, 3.63) is 17.7 Å². The Bertz CT molecular complexity index is 281. The van der Waals surface area contributed by atoms with E-state index in [1.54, 1.807) is 6.92 Å². The molecule has 3 nitrogen and oxygen atoms in total. The van der Waals surface area contributed by atoms with E-state index in [1.807, 2.05) is 6.92 Å². The van der Waals surface area contributed by atoms with Crippen molar-refractivity contribution in [1.82, 2.24) is 0 Å². The van der Waals surface area contributed by atoms with Crippen LogP contribution in [0, 0.1) is 6.92 Å². The third kappa shape index (κ3) is 1.61.